The molecular weight excluding hydrogens is 338 g/mol. The Morgan fingerprint density at radius 3 is 2.28 bits per heavy atom. The number of hydrogen-bond donors (Lipinski definition) is 0. The van der Waals surface area contributed by atoms with Crippen LogP contribution < -0.4 is 0 Å². The monoisotopic (exact) mass is 355 g/mol. The molecule has 0 saturated heterocycles. The van der Waals surface area contributed by atoms with Crippen molar-refractivity contribution in [2.45, 2.75) is 12.3 Å². The minimum absolute atomic E-state index is 0.0480. The first kappa shape index (κ1) is 17.0. The van der Waals surface area contributed by atoms with Gasteiger partial charge in [-0.05, 0) is 35.4 Å². The van der Waals surface area contributed by atoms with Gasteiger partial charge in [0.15, 0.2) is 22.0 Å². The lowest BCUT2D eigenvalue weighted by molar-refractivity contribution is 0.572. The van der Waals surface area contributed by atoms with E-state index in [0.29, 0.717) is 12.3 Å². The molecule has 0 radical (unpaired) electrons. The van der Waals surface area contributed by atoms with Gasteiger partial charge in [0.25, 0.3) is 0 Å². The SMILES string of the molecule is CS(=O)(=O)Cc1ccc(CN=Nc2ccc(-c3cnco3)cc2)cc1. The molecule has 0 bridgehead atoms. The van der Waals surface area contributed by atoms with Gasteiger partial charge in [-0.1, -0.05) is 24.3 Å². The topological polar surface area (TPSA) is 84.9 Å². The molecule has 0 spiro atoms. The van der Waals surface area contributed by atoms with Crippen LogP contribution in [-0.2, 0) is 22.1 Å². The van der Waals surface area contributed by atoms with Gasteiger partial charge in [0, 0.05) is 11.8 Å². The van der Waals surface area contributed by atoms with E-state index in [9.17, 15) is 8.42 Å². The lowest BCUT2D eigenvalue weighted by Crippen LogP contribution is -2.00. The Bertz CT molecular complexity index is 946. The van der Waals surface area contributed by atoms with Gasteiger partial charge < -0.3 is 4.42 Å². The van der Waals surface area contributed by atoms with E-state index in [-0.39, 0.29) is 5.75 Å². The van der Waals surface area contributed by atoms with Gasteiger partial charge in [-0.2, -0.15) is 10.2 Å². The Kier molecular flexibility index (Phi) is 5.04. The summed E-state index contributed by atoms with van der Waals surface area (Å²) in [4.78, 5) is 3.89. The second kappa shape index (κ2) is 7.40. The van der Waals surface area contributed by atoms with E-state index in [4.69, 9.17) is 4.42 Å². The summed E-state index contributed by atoms with van der Waals surface area (Å²) >= 11 is 0. The average Bonchev–Trinajstić information content (AvgIpc) is 3.10. The van der Waals surface area contributed by atoms with Gasteiger partial charge >= 0.3 is 0 Å². The summed E-state index contributed by atoms with van der Waals surface area (Å²) in [6.07, 6.45) is 4.27. The fourth-order valence-corrected chi connectivity index (χ4v) is 3.09. The van der Waals surface area contributed by atoms with Crippen LogP contribution in [-0.4, -0.2) is 19.7 Å². The lowest BCUT2D eigenvalue weighted by Gasteiger charge is -2.01. The van der Waals surface area contributed by atoms with Crippen LogP contribution in [0.3, 0.4) is 0 Å². The van der Waals surface area contributed by atoms with Crippen molar-refractivity contribution >= 4 is 15.5 Å². The fraction of sp³-hybridized carbons (Fsp3) is 0.167. The molecule has 2 aromatic carbocycles. The largest absolute Gasteiger partial charge is 0.444 e. The molecule has 7 heteroatoms. The maximum absolute atomic E-state index is 11.3. The Balaban J connectivity index is 1.59. The molecule has 0 saturated carbocycles. The highest BCUT2D eigenvalue weighted by Crippen LogP contribution is 2.22. The summed E-state index contributed by atoms with van der Waals surface area (Å²) in [5.74, 6) is 0.754. The molecule has 0 aliphatic heterocycles. The first-order valence-corrected chi connectivity index (χ1v) is 9.68. The van der Waals surface area contributed by atoms with Crippen molar-refractivity contribution in [3.05, 3.63) is 72.2 Å². The number of aromatic nitrogens is 1. The number of rotatable bonds is 6. The molecule has 3 aromatic rings. The highest BCUT2D eigenvalue weighted by molar-refractivity contribution is 7.89. The average molecular weight is 355 g/mol. The smallest absolute Gasteiger partial charge is 0.181 e. The molecule has 128 valence electrons. The fourth-order valence-electron chi connectivity index (χ4n) is 2.29. The number of nitrogens with zero attached hydrogens (tertiary/aromatic N) is 3. The van der Waals surface area contributed by atoms with Crippen molar-refractivity contribution in [3.63, 3.8) is 0 Å². The van der Waals surface area contributed by atoms with Crippen LogP contribution in [0.25, 0.3) is 11.3 Å². The quantitative estimate of drug-likeness (QED) is 0.621. The summed E-state index contributed by atoms with van der Waals surface area (Å²) in [5, 5.41) is 8.37. The molecule has 0 unspecified atom stereocenters. The van der Waals surface area contributed by atoms with E-state index in [1.807, 2.05) is 36.4 Å². The third-order valence-corrected chi connectivity index (χ3v) is 4.33. The molecule has 25 heavy (non-hydrogen) atoms. The van der Waals surface area contributed by atoms with E-state index >= 15 is 0 Å². The minimum atomic E-state index is -3.02. The molecule has 0 aliphatic carbocycles. The molecule has 1 heterocycles. The highest BCUT2D eigenvalue weighted by Gasteiger charge is 2.04. The van der Waals surface area contributed by atoms with E-state index in [0.717, 1.165) is 22.4 Å². The van der Waals surface area contributed by atoms with Gasteiger partial charge in [0.05, 0.1) is 24.2 Å². The van der Waals surface area contributed by atoms with E-state index in [2.05, 4.69) is 15.2 Å². The van der Waals surface area contributed by atoms with Crippen LogP contribution in [0.15, 0.2) is 75.8 Å². The maximum atomic E-state index is 11.3. The molecule has 3 rings (SSSR count). The number of sulfone groups is 1. The lowest BCUT2D eigenvalue weighted by atomic mass is 10.1. The molecule has 0 amide bonds. The van der Waals surface area contributed by atoms with Crippen LogP contribution in [0.1, 0.15) is 11.1 Å². The molecule has 6 nitrogen and oxygen atoms in total. The summed E-state index contributed by atoms with van der Waals surface area (Å²) in [6.45, 7) is 0.434. The zero-order valence-corrected chi connectivity index (χ0v) is 14.5. The number of hydrogen-bond acceptors (Lipinski definition) is 6. The minimum Gasteiger partial charge on any atom is -0.444 e. The summed E-state index contributed by atoms with van der Waals surface area (Å²) in [7, 11) is -3.02. The summed E-state index contributed by atoms with van der Waals surface area (Å²) in [5.41, 5.74) is 3.42. The van der Waals surface area contributed by atoms with Gasteiger partial charge in [0.1, 0.15) is 0 Å². The second-order valence-electron chi connectivity index (χ2n) is 5.70. The zero-order valence-electron chi connectivity index (χ0n) is 13.7. The predicted octanol–water partition coefficient (Wildman–Crippen LogP) is 4.17. The van der Waals surface area contributed by atoms with Crippen LogP contribution >= 0.6 is 0 Å². The van der Waals surface area contributed by atoms with Crippen LogP contribution in [0.2, 0.25) is 0 Å². The van der Waals surface area contributed by atoms with E-state index < -0.39 is 9.84 Å². The first-order chi connectivity index (χ1) is 12.0. The molecule has 1 aromatic heterocycles. The Hall–Kier alpha value is -2.80. The third kappa shape index (κ3) is 5.09. The van der Waals surface area contributed by atoms with Crippen molar-refractivity contribution in [3.8, 4) is 11.3 Å². The normalized spacial score (nSPS) is 11.9. The van der Waals surface area contributed by atoms with Gasteiger partial charge in [-0.3, -0.25) is 0 Å². The first-order valence-electron chi connectivity index (χ1n) is 7.61. The van der Waals surface area contributed by atoms with Gasteiger partial charge in [-0.25, -0.2) is 13.4 Å². The van der Waals surface area contributed by atoms with E-state index in [1.54, 1.807) is 18.3 Å². The van der Waals surface area contributed by atoms with Crippen molar-refractivity contribution in [1.29, 1.82) is 0 Å². The van der Waals surface area contributed by atoms with E-state index in [1.165, 1.54) is 12.6 Å². The maximum Gasteiger partial charge on any atom is 0.181 e. The summed E-state index contributed by atoms with van der Waals surface area (Å²) in [6, 6.07) is 14.9. The Morgan fingerprint density at radius 2 is 1.68 bits per heavy atom. The Morgan fingerprint density at radius 1 is 1.00 bits per heavy atom. The number of benzene rings is 2. The molecular formula is C18H17N3O3S. The second-order valence-corrected chi connectivity index (χ2v) is 7.84. The van der Waals surface area contributed by atoms with Crippen LogP contribution in [0.4, 0.5) is 5.69 Å². The number of oxazole rings is 1. The zero-order chi connectivity index (χ0) is 17.7. The molecule has 0 N–H and O–H groups in total. The standard InChI is InChI=1S/C18H17N3O3S/c1-25(22,23)12-15-4-2-14(3-5-15)10-20-21-17-8-6-16(7-9-17)18-11-19-13-24-18/h2-9,11,13H,10,12H2,1H3. The molecule has 0 fully saturated rings. The van der Waals surface area contributed by atoms with Crippen LogP contribution in [0.5, 0.6) is 0 Å². The van der Waals surface area contributed by atoms with Crippen molar-refractivity contribution < 1.29 is 12.8 Å². The van der Waals surface area contributed by atoms with Gasteiger partial charge in [-0.15, -0.1) is 0 Å². The summed E-state index contributed by atoms with van der Waals surface area (Å²) < 4.78 is 27.8. The van der Waals surface area contributed by atoms with Crippen molar-refractivity contribution in [2.24, 2.45) is 10.2 Å². The van der Waals surface area contributed by atoms with Crippen molar-refractivity contribution in [1.82, 2.24) is 4.98 Å². The van der Waals surface area contributed by atoms with Crippen molar-refractivity contribution in [2.75, 3.05) is 6.26 Å². The Labute approximate surface area is 146 Å². The molecule has 0 atom stereocenters. The van der Waals surface area contributed by atoms with Gasteiger partial charge in [0.2, 0.25) is 0 Å². The van der Waals surface area contributed by atoms with Crippen LogP contribution in [0, 0.1) is 0 Å². The number of azo groups is 1. The molecule has 0 aliphatic rings. The predicted molar refractivity (Wildman–Crippen MR) is 95.1 cm³/mol. The highest BCUT2D eigenvalue weighted by atomic mass is 32.2. The third-order valence-electron chi connectivity index (χ3n) is 3.48.